The molecule has 0 radical (unpaired) electrons. The van der Waals surface area contributed by atoms with E-state index in [0.717, 1.165) is 16.5 Å². The van der Waals surface area contributed by atoms with Crippen molar-refractivity contribution in [2.24, 2.45) is 0 Å². The van der Waals surface area contributed by atoms with E-state index in [-0.39, 0.29) is 17.3 Å². The normalized spacial score (nSPS) is 12.4. The van der Waals surface area contributed by atoms with Gasteiger partial charge in [0.1, 0.15) is 17.0 Å². The summed E-state index contributed by atoms with van der Waals surface area (Å²) in [5.41, 5.74) is 2.29. The Balaban J connectivity index is 1.40. The summed E-state index contributed by atoms with van der Waals surface area (Å²) in [6.07, 6.45) is 1.48. The molecule has 4 aromatic rings. The third kappa shape index (κ3) is 5.84. The number of thioether (sulfide) groups is 1. The number of carbonyl (C=O) groups is 1. The van der Waals surface area contributed by atoms with E-state index in [9.17, 15) is 13.2 Å². The second-order valence-electron chi connectivity index (χ2n) is 7.81. The molecule has 35 heavy (non-hydrogen) atoms. The van der Waals surface area contributed by atoms with Crippen LogP contribution in [0.25, 0.3) is 10.9 Å². The first-order chi connectivity index (χ1) is 16.8. The lowest BCUT2D eigenvalue weighted by Gasteiger charge is -2.14. The van der Waals surface area contributed by atoms with Crippen molar-refractivity contribution in [3.63, 3.8) is 0 Å². The Morgan fingerprint density at radius 3 is 2.60 bits per heavy atom. The van der Waals surface area contributed by atoms with Gasteiger partial charge in [-0.15, -0.1) is 0 Å². The van der Waals surface area contributed by atoms with Crippen LogP contribution in [0.2, 0.25) is 0 Å². The van der Waals surface area contributed by atoms with Crippen LogP contribution in [0.3, 0.4) is 0 Å². The summed E-state index contributed by atoms with van der Waals surface area (Å²) in [6.45, 7) is 3.84. The highest BCUT2D eigenvalue weighted by atomic mass is 32.2. The van der Waals surface area contributed by atoms with E-state index in [4.69, 9.17) is 9.15 Å². The fourth-order valence-electron chi connectivity index (χ4n) is 3.44. The van der Waals surface area contributed by atoms with Crippen LogP contribution in [-0.2, 0) is 21.4 Å². The molecule has 2 aromatic carbocycles. The Labute approximate surface area is 208 Å². The van der Waals surface area contributed by atoms with Gasteiger partial charge in [-0.1, -0.05) is 23.9 Å². The van der Waals surface area contributed by atoms with Crippen LogP contribution in [0.15, 0.2) is 81.3 Å². The lowest BCUT2D eigenvalue weighted by atomic mass is 10.1. The maximum absolute atomic E-state index is 12.8. The van der Waals surface area contributed by atoms with Gasteiger partial charge in [-0.25, -0.2) is 18.1 Å². The number of sulfonamides is 1. The van der Waals surface area contributed by atoms with E-state index >= 15 is 0 Å². The second kappa shape index (κ2) is 10.5. The maximum atomic E-state index is 12.8. The molecule has 10 heteroatoms. The number of carbonyl (C=O) groups excluding carboxylic acids is 1. The number of nitrogens with zero attached hydrogens (tertiary/aromatic N) is 1. The third-order valence-electron chi connectivity index (χ3n) is 5.32. The molecule has 2 aromatic heterocycles. The number of amides is 1. The van der Waals surface area contributed by atoms with Crippen molar-refractivity contribution in [1.82, 2.24) is 9.71 Å². The molecule has 0 aliphatic rings. The fraction of sp³-hybridized carbons (Fsp3) is 0.200. The summed E-state index contributed by atoms with van der Waals surface area (Å²) in [5, 5.41) is 4.10. The first kappa shape index (κ1) is 24.8. The average Bonchev–Trinajstić information content (AvgIpc) is 3.37. The van der Waals surface area contributed by atoms with Gasteiger partial charge < -0.3 is 14.5 Å². The van der Waals surface area contributed by atoms with Crippen molar-refractivity contribution in [2.75, 3.05) is 12.4 Å². The minimum absolute atomic E-state index is 0.0523. The predicted octanol–water partition coefficient (Wildman–Crippen LogP) is 4.74. The Morgan fingerprint density at radius 2 is 1.91 bits per heavy atom. The minimum atomic E-state index is -3.71. The zero-order valence-corrected chi connectivity index (χ0v) is 21.1. The molecule has 1 amide bonds. The largest absolute Gasteiger partial charge is 0.494 e. The first-order valence-corrected chi connectivity index (χ1v) is 13.2. The molecular weight excluding hydrogens is 486 g/mol. The summed E-state index contributed by atoms with van der Waals surface area (Å²) in [4.78, 5) is 17.6. The molecule has 1 atom stereocenters. The van der Waals surface area contributed by atoms with Crippen molar-refractivity contribution < 1.29 is 22.4 Å². The van der Waals surface area contributed by atoms with Gasteiger partial charge in [-0.2, -0.15) is 0 Å². The summed E-state index contributed by atoms with van der Waals surface area (Å²) in [5.74, 6) is 0.971. The zero-order valence-electron chi connectivity index (χ0n) is 19.4. The van der Waals surface area contributed by atoms with Crippen LogP contribution < -0.4 is 14.8 Å². The Kier molecular flexibility index (Phi) is 7.44. The molecule has 0 aliphatic carbocycles. The van der Waals surface area contributed by atoms with E-state index in [0.29, 0.717) is 22.2 Å². The minimum Gasteiger partial charge on any atom is -0.494 e. The lowest BCUT2D eigenvalue weighted by Crippen LogP contribution is -2.24. The van der Waals surface area contributed by atoms with E-state index in [2.05, 4.69) is 15.0 Å². The van der Waals surface area contributed by atoms with Crippen LogP contribution in [0, 0.1) is 6.92 Å². The van der Waals surface area contributed by atoms with E-state index in [1.54, 1.807) is 38.3 Å². The van der Waals surface area contributed by atoms with Crippen molar-refractivity contribution in [3.05, 3.63) is 78.3 Å². The van der Waals surface area contributed by atoms with Crippen LogP contribution in [0.1, 0.15) is 18.2 Å². The molecule has 8 nitrogen and oxygen atoms in total. The highest BCUT2D eigenvalue weighted by molar-refractivity contribution is 8.00. The van der Waals surface area contributed by atoms with Crippen LogP contribution >= 0.6 is 11.8 Å². The van der Waals surface area contributed by atoms with E-state index in [1.807, 2.05) is 31.2 Å². The third-order valence-corrected chi connectivity index (χ3v) is 7.76. The Hall–Kier alpha value is -3.34. The molecule has 4 rings (SSSR count). The summed E-state index contributed by atoms with van der Waals surface area (Å²) >= 11 is 1.34. The molecule has 0 spiro atoms. The number of hydrogen-bond donors (Lipinski definition) is 2. The van der Waals surface area contributed by atoms with Gasteiger partial charge in [0, 0.05) is 11.1 Å². The van der Waals surface area contributed by atoms with Crippen molar-refractivity contribution in [2.45, 2.75) is 35.6 Å². The van der Waals surface area contributed by atoms with E-state index in [1.165, 1.54) is 30.2 Å². The molecule has 0 fully saturated rings. The Morgan fingerprint density at radius 1 is 1.14 bits per heavy atom. The average molecular weight is 512 g/mol. The van der Waals surface area contributed by atoms with Crippen LogP contribution in [0.4, 0.5) is 5.69 Å². The number of aryl methyl sites for hydroxylation is 1. The highest BCUT2D eigenvalue weighted by Gasteiger charge is 2.18. The maximum Gasteiger partial charge on any atom is 0.240 e. The van der Waals surface area contributed by atoms with Crippen LogP contribution in [0.5, 0.6) is 5.75 Å². The Bertz CT molecular complexity index is 1440. The number of aromatic nitrogens is 1. The molecular formula is C25H25N3O5S2. The highest BCUT2D eigenvalue weighted by Crippen LogP contribution is 2.31. The number of methoxy groups -OCH3 is 1. The van der Waals surface area contributed by atoms with Gasteiger partial charge >= 0.3 is 0 Å². The smallest absolute Gasteiger partial charge is 0.240 e. The molecule has 0 saturated heterocycles. The SMILES string of the molecule is COc1cccc2c(C)cc(SC(C)C(=O)Nc3ccc(S(=O)(=O)NCc4ccco4)cc3)nc12. The van der Waals surface area contributed by atoms with Gasteiger partial charge in [0.2, 0.25) is 15.9 Å². The van der Waals surface area contributed by atoms with Gasteiger partial charge in [0.15, 0.2) is 0 Å². The standard InChI is InChI=1S/C25H25N3O5S2/c1-16-14-23(28-24-21(16)7-4-8-22(24)32-3)34-17(2)25(29)27-18-9-11-20(12-10-18)35(30,31)26-15-19-6-5-13-33-19/h4-14,17,26H,15H2,1-3H3,(H,27,29). The topological polar surface area (TPSA) is 111 Å². The first-order valence-electron chi connectivity index (χ1n) is 10.8. The quantitative estimate of drug-likeness (QED) is 0.312. The van der Waals surface area contributed by atoms with Crippen LogP contribution in [-0.4, -0.2) is 31.7 Å². The number of benzene rings is 2. The molecule has 0 saturated carbocycles. The molecule has 0 aliphatic heterocycles. The number of furan rings is 1. The molecule has 2 heterocycles. The van der Waals surface area contributed by atoms with E-state index < -0.39 is 15.3 Å². The molecule has 0 bridgehead atoms. The summed E-state index contributed by atoms with van der Waals surface area (Å²) < 4.78 is 38.0. The number of ether oxygens (including phenoxy) is 1. The molecule has 2 N–H and O–H groups in total. The van der Waals surface area contributed by atoms with Gasteiger partial charge in [0.05, 0.1) is 35.1 Å². The number of hydrogen-bond acceptors (Lipinski definition) is 7. The van der Waals surface area contributed by atoms with Gasteiger partial charge in [-0.05, 0) is 67.9 Å². The molecule has 182 valence electrons. The van der Waals surface area contributed by atoms with Crippen molar-refractivity contribution in [3.8, 4) is 5.75 Å². The number of pyridine rings is 1. The van der Waals surface area contributed by atoms with Crippen molar-refractivity contribution >= 4 is 44.3 Å². The number of nitrogens with one attached hydrogen (secondary N) is 2. The number of para-hydroxylation sites is 1. The fourth-order valence-corrected chi connectivity index (χ4v) is 5.36. The van der Waals surface area contributed by atoms with Gasteiger partial charge in [0.25, 0.3) is 0 Å². The number of fused-ring (bicyclic) bond motifs is 1. The number of anilines is 1. The number of rotatable bonds is 9. The van der Waals surface area contributed by atoms with Gasteiger partial charge in [-0.3, -0.25) is 4.79 Å². The van der Waals surface area contributed by atoms with Crippen molar-refractivity contribution in [1.29, 1.82) is 0 Å². The zero-order chi connectivity index (χ0) is 25.0. The monoisotopic (exact) mass is 511 g/mol. The predicted molar refractivity (Wildman–Crippen MR) is 136 cm³/mol. The summed E-state index contributed by atoms with van der Waals surface area (Å²) in [6, 6.07) is 17.1. The summed E-state index contributed by atoms with van der Waals surface area (Å²) in [7, 11) is -2.11. The molecule has 1 unspecified atom stereocenters. The lowest BCUT2D eigenvalue weighted by molar-refractivity contribution is -0.115. The second-order valence-corrected chi connectivity index (χ2v) is 10.9.